The van der Waals surface area contributed by atoms with Gasteiger partial charge in [0.15, 0.2) is 0 Å². The van der Waals surface area contributed by atoms with Crippen molar-refractivity contribution in [2.24, 2.45) is 5.92 Å². The quantitative estimate of drug-likeness (QED) is 0.552. The van der Waals surface area contributed by atoms with Gasteiger partial charge in [0.05, 0.1) is 0 Å². The zero-order chi connectivity index (χ0) is 5.11. The maximum atomic E-state index is 8.40. The maximum Gasteiger partial charge on any atom is 0.0433 e. The molecule has 1 nitrogen and oxygen atoms in total. The van der Waals surface area contributed by atoms with Crippen LogP contribution in [-0.4, -0.2) is 11.7 Å². The van der Waals surface area contributed by atoms with Gasteiger partial charge < -0.3 is 5.11 Å². The summed E-state index contributed by atoms with van der Waals surface area (Å²) in [7, 11) is 0. The van der Waals surface area contributed by atoms with Gasteiger partial charge in [0.2, 0.25) is 0 Å². The number of aliphatic hydroxyl groups is 1. The zero-order valence-corrected chi connectivity index (χ0v) is 4.56. The lowest BCUT2D eigenvalue weighted by atomic mass is 9.83. The van der Waals surface area contributed by atoms with Crippen molar-refractivity contribution in [3.05, 3.63) is 0 Å². The molecule has 1 aliphatic carbocycles. The Morgan fingerprint density at radius 3 is 2.29 bits per heavy atom. The van der Waals surface area contributed by atoms with Crippen LogP contribution in [0.3, 0.4) is 0 Å². The molecule has 0 aromatic carbocycles. The van der Waals surface area contributed by atoms with Gasteiger partial charge in [0, 0.05) is 6.61 Å². The molecule has 7 heavy (non-hydrogen) atoms. The molecule has 0 atom stereocenters. The number of hydrogen-bond acceptors (Lipinski definition) is 1. The molecule has 0 aromatic rings. The van der Waals surface area contributed by atoms with Crippen LogP contribution in [0.5, 0.6) is 0 Å². The van der Waals surface area contributed by atoms with Gasteiger partial charge >= 0.3 is 0 Å². The first kappa shape index (κ1) is 5.10. The highest BCUT2D eigenvalue weighted by Gasteiger charge is 2.15. The van der Waals surface area contributed by atoms with Crippen molar-refractivity contribution in [1.29, 1.82) is 0 Å². The summed E-state index contributed by atoms with van der Waals surface area (Å²) in [5.74, 6) is 0.880. The molecule has 0 aliphatic heterocycles. The fourth-order valence-corrected chi connectivity index (χ4v) is 0.964. The lowest BCUT2D eigenvalue weighted by Gasteiger charge is -2.23. The van der Waals surface area contributed by atoms with Crippen LogP contribution in [-0.2, 0) is 0 Å². The topological polar surface area (TPSA) is 20.2 Å². The summed E-state index contributed by atoms with van der Waals surface area (Å²) in [4.78, 5) is 0. The average Bonchev–Trinajstić information content (AvgIpc) is 1.55. The Morgan fingerprint density at radius 2 is 2.14 bits per heavy atom. The van der Waals surface area contributed by atoms with Crippen LogP contribution >= 0.6 is 0 Å². The van der Waals surface area contributed by atoms with E-state index in [1.165, 1.54) is 19.3 Å². The molecule has 0 aromatic heterocycles. The smallest absolute Gasteiger partial charge is 0.0433 e. The highest BCUT2D eigenvalue weighted by atomic mass is 16.3. The Kier molecular flexibility index (Phi) is 1.69. The summed E-state index contributed by atoms with van der Waals surface area (Å²) in [6, 6.07) is 0. The third-order valence-electron chi connectivity index (χ3n) is 1.76. The zero-order valence-electron chi connectivity index (χ0n) is 4.56. The molecule has 0 unspecified atom stereocenters. The van der Waals surface area contributed by atoms with Crippen molar-refractivity contribution in [3.8, 4) is 0 Å². The first-order valence-electron chi connectivity index (χ1n) is 3.04. The predicted molar refractivity (Wildman–Crippen MR) is 29.0 cm³/mol. The Hall–Kier alpha value is -0.0400. The number of aliphatic hydroxyl groups excluding tert-OH is 1. The minimum atomic E-state index is 0.394. The highest BCUT2D eigenvalue weighted by molar-refractivity contribution is 4.68. The predicted octanol–water partition coefficient (Wildman–Crippen LogP) is 1.17. The van der Waals surface area contributed by atoms with Gasteiger partial charge in [-0.3, -0.25) is 0 Å². The highest BCUT2D eigenvalue weighted by Crippen LogP contribution is 2.28. The van der Waals surface area contributed by atoms with Crippen molar-refractivity contribution >= 4 is 0 Å². The number of hydrogen-bond donors (Lipinski definition) is 1. The summed E-state index contributed by atoms with van der Waals surface area (Å²) in [5.41, 5.74) is 0. The molecule has 0 bridgehead atoms. The molecule has 1 aliphatic rings. The van der Waals surface area contributed by atoms with E-state index in [0.29, 0.717) is 6.61 Å². The molecular weight excluding hydrogens is 88.1 g/mol. The van der Waals surface area contributed by atoms with E-state index < -0.39 is 0 Å². The van der Waals surface area contributed by atoms with Crippen LogP contribution in [0.1, 0.15) is 25.7 Å². The first-order valence-corrected chi connectivity index (χ1v) is 3.04. The second kappa shape index (κ2) is 2.31. The fraction of sp³-hybridized carbons (Fsp3) is 1.00. The van der Waals surface area contributed by atoms with Gasteiger partial charge in [0.25, 0.3) is 0 Å². The Bertz CT molecular complexity index is 48.1. The first-order chi connectivity index (χ1) is 3.43. The largest absolute Gasteiger partial charge is 0.396 e. The minimum absolute atomic E-state index is 0.394. The van der Waals surface area contributed by atoms with Crippen molar-refractivity contribution in [2.45, 2.75) is 25.7 Å². The van der Waals surface area contributed by atoms with Gasteiger partial charge in [-0.1, -0.05) is 19.3 Å². The van der Waals surface area contributed by atoms with Crippen molar-refractivity contribution in [1.82, 2.24) is 0 Å². The van der Waals surface area contributed by atoms with E-state index in [1.54, 1.807) is 0 Å². The van der Waals surface area contributed by atoms with Crippen LogP contribution in [0.2, 0.25) is 0 Å². The van der Waals surface area contributed by atoms with Crippen LogP contribution < -0.4 is 0 Å². The molecule has 0 radical (unpaired) electrons. The van der Waals surface area contributed by atoms with Crippen molar-refractivity contribution in [3.63, 3.8) is 0 Å². The van der Waals surface area contributed by atoms with E-state index in [0.717, 1.165) is 12.3 Å². The monoisotopic (exact) mass is 100 g/mol. The maximum absolute atomic E-state index is 8.40. The van der Waals surface area contributed by atoms with Gasteiger partial charge in [0.1, 0.15) is 0 Å². The molecule has 1 N–H and O–H groups in total. The summed E-state index contributed by atoms with van der Waals surface area (Å²) in [6.45, 7) is 0.394. The van der Waals surface area contributed by atoms with E-state index in [9.17, 15) is 0 Å². The molecule has 0 saturated heterocycles. The Morgan fingerprint density at radius 1 is 1.43 bits per heavy atom. The molecule has 1 fully saturated rings. The van der Waals surface area contributed by atoms with Gasteiger partial charge in [-0.2, -0.15) is 0 Å². The summed E-state index contributed by atoms with van der Waals surface area (Å²) in [6.07, 6.45) is 5.16. The molecule has 0 spiro atoms. The average molecular weight is 100 g/mol. The van der Waals surface area contributed by atoms with Crippen LogP contribution in [0.25, 0.3) is 0 Å². The van der Waals surface area contributed by atoms with Gasteiger partial charge in [-0.05, 0) is 12.3 Å². The summed E-state index contributed by atoms with van der Waals surface area (Å²) < 4.78 is 0. The molecule has 0 heterocycles. The van der Waals surface area contributed by atoms with Crippen LogP contribution in [0.4, 0.5) is 0 Å². The molecule has 1 heteroatoms. The lowest BCUT2D eigenvalue weighted by molar-refractivity contribution is 0.208. The van der Waals surface area contributed by atoms with E-state index in [-0.39, 0.29) is 0 Å². The summed E-state index contributed by atoms with van der Waals surface area (Å²) in [5, 5.41) is 8.40. The fourth-order valence-electron chi connectivity index (χ4n) is 0.964. The second-order valence-corrected chi connectivity index (χ2v) is 2.31. The van der Waals surface area contributed by atoms with Crippen LogP contribution in [0.15, 0.2) is 0 Å². The minimum Gasteiger partial charge on any atom is -0.396 e. The van der Waals surface area contributed by atoms with Gasteiger partial charge in [-0.25, -0.2) is 0 Å². The molecule has 1 saturated carbocycles. The van der Waals surface area contributed by atoms with E-state index in [2.05, 4.69) is 0 Å². The van der Waals surface area contributed by atoms with Crippen molar-refractivity contribution < 1.29 is 5.11 Å². The van der Waals surface area contributed by atoms with Gasteiger partial charge in [-0.15, -0.1) is 0 Å². The van der Waals surface area contributed by atoms with E-state index in [4.69, 9.17) is 5.11 Å². The Balaban J connectivity index is 1.93. The van der Waals surface area contributed by atoms with Crippen LogP contribution in [0, 0.1) is 5.92 Å². The molecule has 42 valence electrons. The third-order valence-corrected chi connectivity index (χ3v) is 1.76. The summed E-state index contributed by atoms with van der Waals surface area (Å²) >= 11 is 0. The number of rotatable bonds is 2. The van der Waals surface area contributed by atoms with E-state index in [1.807, 2.05) is 0 Å². The Labute approximate surface area is 44.4 Å². The normalized spacial score (nSPS) is 21.9. The second-order valence-electron chi connectivity index (χ2n) is 2.31. The molecule has 0 amide bonds. The third kappa shape index (κ3) is 1.16. The molecular formula is C6H12O. The standard InChI is InChI=1S/C6H12O/c7-5-4-6-2-1-3-6/h6-7H,1-5H2. The SMILES string of the molecule is OCCC1CCC1. The van der Waals surface area contributed by atoms with E-state index >= 15 is 0 Å². The lowest BCUT2D eigenvalue weighted by Crippen LogP contribution is -2.11. The van der Waals surface area contributed by atoms with Crippen molar-refractivity contribution in [2.75, 3.05) is 6.61 Å². The molecule has 1 rings (SSSR count).